The smallest absolute Gasteiger partial charge is 0.243 e. The molecule has 0 fully saturated rings. The number of benzene rings is 2. The molecule has 0 radical (unpaired) electrons. The van der Waals surface area contributed by atoms with Crippen molar-refractivity contribution in [2.75, 3.05) is 12.4 Å². The lowest BCUT2D eigenvalue weighted by Gasteiger charge is -2.22. The Morgan fingerprint density at radius 2 is 1.88 bits per heavy atom. The number of ether oxygens (including phenoxy) is 1. The number of rotatable bonds is 7. The number of aromatic nitrogens is 1. The lowest BCUT2D eigenvalue weighted by molar-refractivity contribution is -0.134. The van der Waals surface area contributed by atoms with Crippen LogP contribution in [0.4, 0.5) is 5.82 Å². The SMILES string of the molecule is COc1ccc([C@H]2CC(c3ccccc3)=NN2C(=O)CCC(=O)Nc2cc(C)on2)cc1. The summed E-state index contributed by atoms with van der Waals surface area (Å²) in [7, 11) is 1.61. The van der Waals surface area contributed by atoms with Crippen LogP contribution in [-0.2, 0) is 9.59 Å². The zero-order valence-electron chi connectivity index (χ0n) is 17.9. The van der Waals surface area contributed by atoms with Crippen LogP contribution >= 0.6 is 0 Å². The summed E-state index contributed by atoms with van der Waals surface area (Å²) in [6, 6.07) is 18.8. The number of carbonyl (C=O) groups is 2. The highest BCUT2D eigenvalue weighted by molar-refractivity contribution is 6.03. The summed E-state index contributed by atoms with van der Waals surface area (Å²) >= 11 is 0. The van der Waals surface area contributed by atoms with Gasteiger partial charge in [-0.3, -0.25) is 9.59 Å². The number of nitrogens with one attached hydrogen (secondary N) is 1. The van der Waals surface area contributed by atoms with Crippen LogP contribution in [0.5, 0.6) is 5.75 Å². The molecule has 3 aromatic rings. The van der Waals surface area contributed by atoms with E-state index in [0.29, 0.717) is 18.0 Å². The summed E-state index contributed by atoms with van der Waals surface area (Å²) < 4.78 is 10.2. The second-order valence-corrected chi connectivity index (χ2v) is 7.52. The molecule has 1 aromatic heterocycles. The number of anilines is 1. The average Bonchev–Trinajstić information content (AvgIpc) is 3.44. The standard InChI is InChI=1S/C24H24N4O4/c1-16-14-22(27-32-16)25-23(29)12-13-24(30)28-21(18-8-10-19(31-2)11-9-18)15-20(26-28)17-6-4-3-5-7-17/h3-11,14,21H,12-13,15H2,1-2H3,(H,25,27,29)/t21-/m1/s1. The van der Waals surface area contributed by atoms with E-state index >= 15 is 0 Å². The van der Waals surface area contributed by atoms with E-state index in [1.165, 1.54) is 5.01 Å². The molecule has 0 unspecified atom stereocenters. The van der Waals surface area contributed by atoms with Gasteiger partial charge in [-0.2, -0.15) is 5.10 Å². The molecule has 4 rings (SSSR count). The van der Waals surface area contributed by atoms with Gasteiger partial charge < -0.3 is 14.6 Å². The van der Waals surface area contributed by atoms with E-state index in [2.05, 4.69) is 15.6 Å². The van der Waals surface area contributed by atoms with E-state index in [1.54, 1.807) is 20.1 Å². The molecule has 0 spiro atoms. The van der Waals surface area contributed by atoms with Gasteiger partial charge in [0, 0.05) is 25.3 Å². The molecule has 0 aliphatic carbocycles. The summed E-state index contributed by atoms with van der Waals surface area (Å²) in [5, 5.41) is 12.5. The molecule has 8 nitrogen and oxygen atoms in total. The van der Waals surface area contributed by atoms with Gasteiger partial charge in [-0.1, -0.05) is 47.6 Å². The maximum Gasteiger partial charge on any atom is 0.243 e. The maximum atomic E-state index is 13.1. The first-order valence-corrected chi connectivity index (χ1v) is 10.4. The van der Waals surface area contributed by atoms with Crippen LogP contribution in [0.3, 0.4) is 0 Å². The third-order valence-electron chi connectivity index (χ3n) is 5.23. The summed E-state index contributed by atoms with van der Waals surface area (Å²) in [6.45, 7) is 1.74. The number of hydrogen-bond acceptors (Lipinski definition) is 6. The van der Waals surface area contributed by atoms with E-state index in [4.69, 9.17) is 9.26 Å². The van der Waals surface area contributed by atoms with Crippen molar-refractivity contribution in [3.05, 3.63) is 77.6 Å². The minimum Gasteiger partial charge on any atom is -0.497 e. The average molecular weight is 432 g/mol. The fourth-order valence-electron chi connectivity index (χ4n) is 3.60. The Labute approximate surface area is 185 Å². The Bertz CT molecular complexity index is 1120. The molecule has 0 saturated carbocycles. The van der Waals surface area contributed by atoms with E-state index in [-0.39, 0.29) is 30.7 Å². The Morgan fingerprint density at radius 3 is 2.53 bits per heavy atom. The number of hydrogen-bond donors (Lipinski definition) is 1. The molecular formula is C24H24N4O4. The van der Waals surface area contributed by atoms with E-state index in [1.807, 2.05) is 54.6 Å². The summed E-state index contributed by atoms with van der Waals surface area (Å²) in [4.78, 5) is 25.3. The topological polar surface area (TPSA) is 97.0 Å². The second-order valence-electron chi connectivity index (χ2n) is 7.52. The lowest BCUT2D eigenvalue weighted by atomic mass is 9.98. The van der Waals surface area contributed by atoms with Crippen LogP contribution < -0.4 is 10.1 Å². The molecule has 1 N–H and O–H groups in total. The van der Waals surface area contributed by atoms with Crippen molar-refractivity contribution < 1.29 is 18.8 Å². The molecule has 0 bridgehead atoms. The minimum absolute atomic E-state index is 0.0206. The quantitative estimate of drug-likeness (QED) is 0.607. The van der Waals surface area contributed by atoms with Gasteiger partial charge in [-0.25, -0.2) is 5.01 Å². The zero-order chi connectivity index (χ0) is 22.5. The van der Waals surface area contributed by atoms with Gasteiger partial charge >= 0.3 is 0 Å². The van der Waals surface area contributed by atoms with Crippen LogP contribution in [0.2, 0.25) is 0 Å². The van der Waals surface area contributed by atoms with Gasteiger partial charge in [-0.15, -0.1) is 0 Å². The molecule has 32 heavy (non-hydrogen) atoms. The highest BCUT2D eigenvalue weighted by atomic mass is 16.5. The van der Waals surface area contributed by atoms with Crippen LogP contribution in [0.1, 0.15) is 42.2 Å². The second kappa shape index (κ2) is 9.47. The van der Waals surface area contributed by atoms with Gasteiger partial charge in [0.25, 0.3) is 0 Å². The number of amides is 2. The molecule has 0 saturated heterocycles. The van der Waals surface area contributed by atoms with Gasteiger partial charge in [0.1, 0.15) is 11.5 Å². The predicted octanol–water partition coefficient (Wildman–Crippen LogP) is 4.09. The normalized spacial score (nSPS) is 15.4. The van der Waals surface area contributed by atoms with E-state index < -0.39 is 0 Å². The Balaban J connectivity index is 1.49. The van der Waals surface area contributed by atoms with Crippen molar-refractivity contribution >= 4 is 23.3 Å². The molecule has 2 amide bonds. The first-order valence-electron chi connectivity index (χ1n) is 10.4. The summed E-state index contributed by atoms with van der Waals surface area (Å²) in [5.41, 5.74) is 2.76. The van der Waals surface area contributed by atoms with Gasteiger partial charge in [0.2, 0.25) is 11.8 Å². The van der Waals surface area contributed by atoms with Crippen LogP contribution in [0, 0.1) is 6.92 Å². The summed E-state index contributed by atoms with van der Waals surface area (Å²) in [5.74, 6) is 1.15. The molecule has 1 aliphatic heterocycles. The Morgan fingerprint density at radius 1 is 1.12 bits per heavy atom. The van der Waals surface area contributed by atoms with Crippen molar-refractivity contribution in [1.82, 2.24) is 10.2 Å². The summed E-state index contributed by atoms with van der Waals surface area (Å²) in [6.07, 6.45) is 0.639. The van der Waals surface area contributed by atoms with Gasteiger partial charge in [0.15, 0.2) is 5.82 Å². The van der Waals surface area contributed by atoms with Crippen molar-refractivity contribution in [3.63, 3.8) is 0 Å². The van der Waals surface area contributed by atoms with Crippen molar-refractivity contribution in [3.8, 4) is 5.75 Å². The number of carbonyl (C=O) groups excluding carboxylic acids is 2. The first kappa shape index (κ1) is 21.3. The third kappa shape index (κ3) is 4.85. The van der Waals surface area contributed by atoms with Crippen molar-refractivity contribution in [2.45, 2.75) is 32.2 Å². The molecule has 2 heterocycles. The highest BCUT2D eigenvalue weighted by Crippen LogP contribution is 2.34. The third-order valence-corrected chi connectivity index (χ3v) is 5.23. The molecule has 2 aromatic carbocycles. The number of aryl methyl sites for hydroxylation is 1. The largest absolute Gasteiger partial charge is 0.497 e. The van der Waals surface area contributed by atoms with Crippen LogP contribution in [0.15, 0.2) is 70.3 Å². The maximum absolute atomic E-state index is 13.1. The molecule has 164 valence electrons. The monoisotopic (exact) mass is 432 g/mol. The van der Waals surface area contributed by atoms with E-state index in [9.17, 15) is 9.59 Å². The molecular weight excluding hydrogens is 408 g/mol. The predicted molar refractivity (Wildman–Crippen MR) is 119 cm³/mol. The molecule has 8 heteroatoms. The van der Waals surface area contributed by atoms with Gasteiger partial charge in [0.05, 0.1) is 18.9 Å². The van der Waals surface area contributed by atoms with Crippen molar-refractivity contribution in [1.29, 1.82) is 0 Å². The minimum atomic E-state index is -0.306. The zero-order valence-corrected chi connectivity index (χ0v) is 17.9. The number of methoxy groups -OCH3 is 1. The lowest BCUT2D eigenvalue weighted by Crippen LogP contribution is -2.28. The number of hydrazone groups is 1. The van der Waals surface area contributed by atoms with E-state index in [0.717, 1.165) is 22.6 Å². The molecule has 1 atom stereocenters. The highest BCUT2D eigenvalue weighted by Gasteiger charge is 2.33. The van der Waals surface area contributed by atoms with Gasteiger partial charge in [-0.05, 0) is 30.2 Å². The fourth-order valence-corrected chi connectivity index (χ4v) is 3.60. The van der Waals surface area contributed by atoms with Crippen molar-refractivity contribution in [2.24, 2.45) is 5.10 Å². The first-order chi connectivity index (χ1) is 15.5. The molecule has 1 aliphatic rings. The Kier molecular flexibility index (Phi) is 6.30. The van der Waals surface area contributed by atoms with Crippen LogP contribution in [0.25, 0.3) is 0 Å². The fraction of sp³-hybridized carbons (Fsp3) is 0.250. The number of nitrogens with zero attached hydrogens (tertiary/aromatic N) is 3. The van der Waals surface area contributed by atoms with Crippen LogP contribution in [-0.4, -0.2) is 34.8 Å². The Hall–Kier alpha value is -3.94.